The van der Waals surface area contributed by atoms with E-state index in [0.717, 1.165) is 39.5 Å². The highest BCUT2D eigenvalue weighted by atomic mass is 79.9. The van der Waals surface area contributed by atoms with Crippen LogP contribution in [0.4, 0.5) is 4.39 Å². The molecule has 4 aromatic rings. The first kappa shape index (κ1) is 20.3. The molecule has 6 heteroatoms. The van der Waals surface area contributed by atoms with Crippen LogP contribution in [0.3, 0.4) is 0 Å². The molecule has 30 heavy (non-hydrogen) atoms. The van der Waals surface area contributed by atoms with E-state index in [-0.39, 0.29) is 11.7 Å². The fourth-order valence-electron chi connectivity index (χ4n) is 3.61. The summed E-state index contributed by atoms with van der Waals surface area (Å²) >= 11 is 3.61. The van der Waals surface area contributed by atoms with Crippen molar-refractivity contribution in [2.45, 2.75) is 26.3 Å². The Morgan fingerprint density at radius 1 is 1.10 bits per heavy atom. The molecular weight excluding hydrogens is 445 g/mol. The van der Waals surface area contributed by atoms with Gasteiger partial charge in [-0.3, -0.25) is 4.79 Å². The van der Waals surface area contributed by atoms with Crippen molar-refractivity contribution in [3.8, 4) is 5.69 Å². The second-order valence-corrected chi connectivity index (χ2v) is 7.94. The molecular formula is C24H21BrFN3O. The lowest BCUT2D eigenvalue weighted by Crippen LogP contribution is -2.23. The van der Waals surface area contributed by atoms with Crippen LogP contribution in [0.5, 0.6) is 0 Å². The number of benzene rings is 3. The van der Waals surface area contributed by atoms with Gasteiger partial charge >= 0.3 is 0 Å². The maximum Gasteiger partial charge on any atom is 0.252 e. The Labute approximate surface area is 182 Å². The van der Waals surface area contributed by atoms with Gasteiger partial charge in [0.15, 0.2) is 0 Å². The molecule has 0 fully saturated rings. The highest BCUT2D eigenvalue weighted by Crippen LogP contribution is 2.24. The van der Waals surface area contributed by atoms with Crippen LogP contribution in [-0.4, -0.2) is 15.7 Å². The molecule has 1 aromatic heterocycles. The number of hydrogen-bond donors (Lipinski definition) is 1. The van der Waals surface area contributed by atoms with Gasteiger partial charge in [0, 0.05) is 16.4 Å². The molecule has 1 heterocycles. The molecule has 0 unspecified atom stereocenters. The first-order valence-corrected chi connectivity index (χ1v) is 10.6. The van der Waals surface area contributed by atoms with Crippen molar-refractivity contribution in [2.75, 3.05) is 0 Å². The van der Waals surface area contributed by atoms with Crippen molar-refractivity contribution in [1.82, 2.24) is 15.1 Å². The van der Waals surface area contributed by atoms with Gasteiger partial charge in [-0.15, -0.1) is 0 Å². The Hall–Kier alpha value is -2.99. The van der Waals surface area contributed by atoms with E-state index < -0.39 is 0 Å². The van der Waals surface area contributed by atoms with Crippen LogP contribution in [0.1, 0.15) is 34.8 Å². The molecule has 0 saturated carbocycles. The summed E-state index contributed by atoms with van der Waals surface area (Å²) in [5.41, 5.74) is 4.43. The second kappa shape index (κ2) is 8.79. The van der Waals surface area contributed by atoms with Crippen molar-refractivity contribution in [1.29, 1.82) is 0 Å². The van der Waals surface area contributed by atoms with Crippen molar-refractivity contribution in [3.63, 3.8) is 0 Å². The number of aromatic nitrogens is 2. The van der Waals surface area contributed by atoms with E-state index in [0.29, 0.717) is 12.1 Å². The average Bonchev–Trinajstić information content (AvgIpc) is 3.19. The minimum absolute atomic E-state index is 0.151. The average molecular weight is 466 g/mol. The molecule has 0 bridgehead atoms. The third kappa shape index (κ3) is 4.00. The van der Waals surface area contributed by atoms with Gasteiger partial charge in [-0.2, -0.15) is 5.10 Å². The number of fused-ring (bicyclic) bond motifs is 1. The summed E-state index contributed by atoms with van der Waals surface area (Å²) in [6.45, 7) is 2.59. The van der Waals surface area contributed by atoms with Gasteiger partial charge in [-0.1, -0.05) is 47.5 Å². The summed E-state index contributed by atoms with van der Waals surface area (Å²) in [7, 11) is 0. The first-order valence-electron chi connectivity index (χ1n) is 9.85. The highest BCUT2D eigenvalue weighted by Gasteiger charge is 2.15. The molecule has 152 valence electrons. The van der Waals surface area contributed by atoms with Gasteiger partial charge in [-0.25, -0.2) is 9.07 Å². The minimum Gasteiger partial charge on any atom is -0.348 e. The topological polar surface area (TPSA) is 46.9 Å². The van der Waals surface area contributed by atoms with E-state index in [2.05, 4.69) is 33.3 Å². The molecule has 0 saturated heterocycles. The SMILES string of the molecule is CCCc1c(Br)cccc1CNC(=O)c1cccc2c1cnn2-c1ccc(F)cc1. The fraction of sp³-hybridized carbons (Fsp3) is 0.167. The number of rotatable bonds is 6. The molecule has 0 atom stereocenters. The molecule has 0 spiro atoms. The van der Waals surface area contributed by atoms with Gasteiger partial charge in [0.2, 0.25) is 0 Å². The lowest BCUT2D eigenvalue weighted by atomic mass is 10.0. The zero-order valence-corrected chi connectivity index (χ0v) is 18.1. The third-order valence-corrected chi connectivity index (χ3v) is 5.83. The van der Waals surface area contributed by atoms with Gasteiger partial charge < -0.3 is 5.32 Å². The van der Waals surface area contributed by atoms with Crippen LogP contribution >= 0.6 is 15.9 Å². The lowest BCUT2D eigenvalue weighted by molar-refractivity contribution is 0.0952. The monoisotopic (exact) mass is 465 g/mol. The highest BCUT2D eigenvalue weighted by molar-refractivity contribution is 9.10. The van der Waals surface area contributed by atoms with E-state index in [1.54, 1.807) is 29.1 Å². The molecule has 0 aliphatic carbocycles. The predicted octanol–water partition coefficient (Wildman–Crippen LogP) is 5.81. The Balaban J connectivity index is 1.60. The van der Waals surface area contributed by atoms with E-state index in [1.807, 2.05) is 30.3 Å². The molecule has 4 rings (SSSR count). The third-order valence-electron chi connectivity index (χ3n) is 5.08. The van der Waals surface area contributed by atoms with Gasteiger partial charge in [-0.05, 0) is 60.0 Å². The Morgan fingerprint density at radius 3 is 2.63 bits per heavy atom. The quantitative estimate of drug-likeness (QED) is 0.390. The normalized spacial score (nSPS) is 11.0. The van der Waals surface area contributed by atoms with Gasteiger partial charge in [0.1, 0.15) is 5.82 Å². The van der Waals surface area contributed by atoms with Crippen LogP contribution in [0.15, 0.2) is 71.3 Å². The molecule has 0 aliphatic heterocycles. The minimum atomic E-state index is -0.301. The summed E-state index contributed by atoms with van der Waals surface area (Å²) in [4.78, 5) is 13.0. The number of nitrogens with one attached hydrogen (secondary N) is 1. The van der Waals surface area contributed by atoms with E-state index in [4.69, 9.17) is 0 Å². The van der Waals surface area contributed by atoms with Crippen LogP contribution < -0.4 is 5.32 Å². The summed E-state index contributed by atoms with van der Waals surface area (Å²) in [5, 5.41) is 8.21. The zero-order chi connectivity index (χ0) is 21.1. The van der Waals surface area contributed by atoms with Crippen LogP contribution in [0, 0.1) is 5.82 Å². The first-order chi connectivity index (χ1) is 14.6. The standard InChI is InChI=1S/C24H21BrFN3O/c1-2-5-19-16(6-3-8-22(19)25)14-27-24(30)20-7-4-9-23-21(20)15-28-29(23)18-12-10-17(26)11-13-18/h3-4,6-13,15H,2,5,14H2,1H3,(H,27,30). The van der Waals surface area contributed by atoms with Crippen molar-refractivity contribution in [2.24, 2.45) is 0 Å². The number of hydrogen-bond acceptors (Lipinski definition) is 2. The van der Waals surface area contributed by atoms with Crippen LogP contribution in [0.25, 0.3) is 16.6 Å². The predicted molar refractivity (Wildman–Crippen MR) is 120 cm³/mol. The maximum absolute atomic E-state index is 13.3. The number of amides is 1. The number of nitrogens with zero attached hydrogens (tertiary/aromatic N) is 2. The summed E-state index contributed by atoms with van der Waals surface area (Å²) in [5.74, 6) is -0.452. The van der Waals surface area contributed by atoms with Crippen molar-refractivity contribution < 1.29 is 9.18 Å². The summed E-state index contributed by atoms with van der Waals surface area (Å²) < 4.78 is 16.0. The number of carbonyl (C=O) groups excluding carboxylic acids is 1. The van der Waals surface area contributed by atoms with E-state index in [1.165, 1.54) is 17.7 Å². The number of halogens is 2. The van der Waals surface area contributed by atoms with Gasteiger partial charge in [0.05, 0.1) is 23.0 Å². The van der Waals surface area contributed by atoms with E-state index >= 15 is 0 Å². The lowest BCUT2D eigenvalue weighted by Gasteiger charge is -2.12. The van der Waals surface area contributed by atoms with Crippen molar-refractivity contribution in [3.05, 3.63) is 93.8 Å². The van der Waals surface area contributed by atoms with Crippen molar-refractivity contribution >= 4 is 32.7 Å². The summed E-state index contributed by atoms with van der Waals surface area (Å²) in [6, 6.07) is 17.7. The molecule has 0 radical (unpaired) electrons. The fourth-order valence-corrected chi connectivity index (χ4v) is 4.21. The maximum atomic E-state index is 13.3. The Bertz CT molecular complexity index is 1200. The molecule has 0 aliphatic rings. The Kier molecular flexibility index (Phi) is 5.95. The van der Waals surface area contributed by atoms with E-state index in [9.17, 15) is 9.18 Å². The summed E-state index contributed by atoms with van der Waals surface area (Å²) in [6.07, 6.45) is 3.66. The zero-order valence-electron chi connectivity index (χ0n) is 16.5. The smallest absolute Gasteiger partial charge is 0.252 e. The second-order valence-electron chi connectivity index (χ2n) is 7.08. The molecule has 1 amide bonds. The molecule has 1 N–H and O–H groups in total. The van der Waals surface area contributed by atoms with Crippen LogP contribution in [-0.2, 0) is 13.0 Å². The molecule has 3 aromatic carbocycles. The van der Waals surface area contributed by atoms with Gasteiger partial charge in [0.25, 0.3) is 5.91 Å². The largest absolute Gasteiger partial charge is 0.348 e. The Morgan fingerprint density at radius 2 is 1.87 bits per heavy atom. The van der Waals surface area contributed by atoms with Crippen LogP contribution in [0.2, 0.25) is 0 Å². The molecule has 4 nitrogen and oxygen atoms in total. The number of carbonyl (C=O) groups is 1.